The van der Waals surface area contributed by atoms with E-state index in [1.165, 1.54) is 24.0 Å². The molecule has 0 amide bonds. The van der Waals surface area contributed by atoms with E-state index in [1.54, 1.807) is 0 Å². The molecule has 2 fully saturated rings. The Morgan fingerprint density at radius 1 is 1.25 bits per heavy atom. The molecule has 1 aliphatic carbocycles. The molecule has 0 saturated carbocycles. The Morgan fingerprint density at radius 2 is 2.00 bits per heavy atom. The lowest BCUT2D eigenvalue weighted by Crippen LogP contribution is -2.33. The van der Waals surface area contributed by atoms with Crippen LogP contribution in [0.15, 0.2) is 47.1 Å². The van der Waals surface area contributed by atoms with Crippen molar-refractivity contribution < 1.29 is 4.74 Å². The van der Waals surface area contributed by atoms with Gasteiger partial charge in [-0.05, 0) is 37.7 Å². The van der Waals surface area contributed by atoms with E-state index in [1.807, 2.05) is 0 Å². The lowest BCUT2D eigenvalue weighted by Gasteiger charge is -2.37. The molecule has 0 bridgehead atoms. The highest BCUT2D eigenvalue weighted by atomic mass is 16.6. The van der Waals surface area contributed by atoms with Gasteiger partial charge >= 0.3 is 0 Å². The molecule has 0 aromatic heterocycles. The smallest absolute Gasteiger partial charge is 0.124 e. The van der Waals surface area contributed by atoms with Gasteiger partial charge in [-0.2, -0.15) is 5.10 Å². The summed E-state index contributed by atoms with van der Waals surface area (Å²) in [6, 6.07) is 11.1. The molecule has 4 atom stereocenters. The molecule has 3 nitrogen and oxygen atoms in total. The van der Waals surface area contributed by atoms with Crippen LogP contribution in [-0.4, -0.2) is 29.5 Å². The van der Waals surface area contributed by atoms with Gasteiger partial charge in [-0.15, -0.1) is 0 Å². The number of hydrazone groups is 1. The van der Waals surface area contributed by atoms with Gasteiger partial charge in [0.15, 0.2) is 0 Å². The van der Waals surface area contributed by atoms with Crippen molar-refractivity contribution in [2.24, 2.45) is 16.4 Å². The quantitative estimate of drug-likeness (QED) is 0.461. The summed E-state index contributed by atoms with van der Waals surface area (Å²) in [5.74, 6) is 0.528. The Hall–Kier alpha value is -1.61. The highest BCUT2D eigenvalue weighted by Gasteiger charge is 2.53. The topological polar surface area (TPSA) is 27.9 Å². The molecule has 4 unspecified atom stereocenters. The molecule has 0 spiro atoms. The van der Waals surface area contributed by atoms with Crippen LogP contribution in [0.3, 0.4) is 0 Å². The van der Waals surface area contributed by atoms with E-state index in [9.17, 15) is 0 Å². The zero-order valence-electron chi connectivity index (χ0n) is 15.2. The summed E-state index contributed by atoms with van der Waals surface area (Å²) in [6.45, 7) is 10.2. The van der Waals surface area contributed by atoms with Gasteiger partial charge in [0.1, 0.15) is 6.10 Å². The minimum absolute atomic E-state index is 0.202. The summed E-state index contributed by atoms with van der Waals surface area (Å²) in [7, 11) is 0. The Bertz CT molecular complexity index is 676. The van der Waals surface area contributed by atoms with Gasteiger partial charge < -0.3 is 4.74 Å². The summed E-state index contributed by atoms with van der Waals surface area (Å²) >= 11 is 0. The van der Waals surface area contributed by atoms with Crippen molar-refractivity contribution in [3.63, 3.8) is 0 Å². The van der Waals surface area contributed by atoms with Crippen LogP contribution in [0.2, 0.25) is 0 Å². The van der Waals surface area contributed by atoms with E-state index in [0.717, 1.165) is 12.3 Å². The fraction of sp³-hybridized carbons (Fsp3) is 0.571. The van der Waals surface area contributed by atoms with Crippen LogP contribution < -0.4 is 0 Å². The number of epoxide rings is 1. The second kappa shape index (κ2) is 5.73. The van der Waals surface area contributed by atoms with Gasteiger partial charge in [-0.1, -0.05) is 55.8 Å². The zero-order valence-corrected chi connectivity index (χ0v) is 15.2. The molecule has 2 aliphatic heterocycles. The highest BCUT2D eigenvalue weighted by Crippen LogP contribution is 2.49. The Morgan fingerprint density at radius 3 is 2.71 bits per heavy atom. The van der Waals surface area contributed by atoms with Crippen molar-refractivity contribution in [2.45, 2.75) is 58.8 Å². The number of ether oxygens (including phenoxy) is 1. The predicted molar refractivity (Wildman–Crippen MR) is 97.9 cm³/mol. The molecular weight excluding hydrogens is 296 g/mol. The number of benzene rings is 1. The van der Waals surface area contributed by atoms with Crippen LogP contribution >= 0.6 is 0 Å². The Labute approximate surface area is 145 Å². The molecule has 1 aromatic carbocycles. The van der Waals surface area contributed by atoms with Crippen LogP contribution in [0.1, 0.15) is 52.1 Å². The summed E-state index contributed by atoms with van der Waals surface area (Å²) in [6.07, 6.45) is 5.37. The van der Waals surface area contributed by atoms with Crippen LogP contribution in [0.5, 0.6) is 0 Å². The van der Waals surface area contributed by atoms with Crippen molar-refractivity contribution >= 4 is 5.71 Å². The van der Waals surface area contributed by atoms with Gasteiger partial charge in [0, 0.05) is 5.92 Å². The summed E-state index contributed by atoms with van der Waals surface area (Å²) in [5.41, 5.74) is 4.31. The van der Waals surface area contributed by atoms with E-state index in [2.05, 4.69) is 69.1 Å². The summed E-state index contributed by atoms with van der Waals surface area (Å²) in [5, 5.41) is 7.01. The van der Waals surface area contributed by atoms with Crippen LogP contribution in [0.25, 0.3) is 0 Å². The summed E-state index contributed by atoms with van der Waals surface area (Å²) in [4.78, 5) is 0. The van der Waals surface area contributed by atoms with Gasteiger partial charge in [0.2, 0.25) is 0 Å². The minimum Gasteiger partial charge on any atom is -0.362 e. The SMILES string of the molecule is CC1=CCCC(C)(C)C1C1OC1/C(C)=N/N1CC1c1ccccc1. The molecule has 1 aromatic rings. The Kier molecular flexibility index (Phi) is 3.80. The van der Waals surface area contributed by atoms with Crippen molar-refractivity contribution in [1.29, 1.82) is 0 Å². The minimum atomic E-state index is 0.202. The first-order valence-corrected chi connectivity index (χ1v) is 9.16. The number of hydrogen-bond acceptors (Lipinski definition) is 3. The largest absolute Gasteiger partial charge is 0.362 e. The molecule has 3 aliphatic rings. The number of hydrogen-bond donors (Lipinski definition) is 0. The molecule has 128 valence electrons. The lowest BCUT2D eigenvalue weighted by molar-refractivity contribution is 0.172. The van der Waals surface area contributed by atoms with Gasteiger partial charge in [-0.3, -0.25) is 5.01 Å². The highest BCUT2D eigenvalue weighted by molar-refractivity contribution is 5.89. The van der Waals surface area contributed by atoms with E-state index >= 15 is 0 Å². The van der Waals surface area contributed by atoms with E-state index in [0.29, 0.717) is 23.5 Å². The van der Waals surface area contributed by atoms with Gasteiger partial charge in [-0.25, -0.2) is 0 Å². The van der Waals surface area contributed by atoms with E-state index in [4.69, 9.17) is 9.84 Å². The normalized spacial score (nSPS) is 34.8. The molecule has 2 saturated heterocycles. The van der Waals surface area contributed by atoms with Crippen molar-refractivity contribution in [1.82, 2.24) is 5.01 Å². The average molecular weight is 324 g/mol. The van der Waals surface area contributed by atoms with Crippen LogP contribution in [-0.2, 0) is 4.74 Å². The number of allylic oxidation sites excluding steroid dienone is 1. The Balaban J connectivity index is 1.42. The fourth-order valence-corrected chi connectivity index (χ4v) is 4.44. The van der Waals surface area contributed by atoms with Crippen molar-refractivity contribution in [3.05, 3.63) is 47.5 Å². The van der Waals surface area contributed by atoms with Crippen LogP contribution in [0, 0.1) is 11.3 Å². The molecule has 0 radical (unpaired) electrons. The standard InChI is InChI=1S/C21H28N2O/c1-14-9-8-12-21(3,4)18(14)20-19(24-20)15(2)22-23-13-17(23)16-10-6-5-7-11-16/h5-7,9-11,17-20H,8,12-13H2,1-4H3/b22-15+. The second-order valence-electron chi connectivity index (χ2n) is 8.26. The first-order chi connectivity index (χ1) is 11.5. The zero-order chi connectivity index (χ0) is 16.9. The maximum absolute atomic E-state index is 6.10. The average Bonchev–Trinajstić information content (AvgIpc) is 3.43. The lowest BCUT2D eigenvalue weighted by atomic mass is 9.66. The van der Waals surface area contributed by atoms with Crippen molar-refractivity contribution in [3.8, 4) is 0 Å². The van der Waals surface area contributed by atoms with Gasteiger partial charge in [0.05, 0.1) is 24.4 Å². The third-order valence-corrected chi connectivity index (χ3v) is 5.91. The van der Waals surface area contributed by atoms with Crippen LogP contribution in [0.4, 0.5) is 0 Å². The molecule has 24 heavy (non-hydrogen) atoms. The van der Waals surface area contributed by atoms with E-state index < -0.39 is 0 Å². The first-order valence-electron chi connectivity index (χ1n) is 9.16. The van der Waals surface area contributed by atoms with Crippen molar-refractivity contribution in [2.75, 3.05) is 6.54 Å². The summed E-state index contributed by atoms with van der Waals surface area (Å²) < 4.78 is 6.10. The van der Waals surface area contributed by atoms with Gasteiger partial charge in [0.25, 0.3) is 0 Å². The molecule has 4 rings (SSSR count). The predicted octanol–water partition coefficient (Wildman–Crippen LogP) is 4.57. The second-order valence-corrected chi connectivity index (χ2v) is 8.26. The number of nitrogens with zero attached hydrogens (tertiary/aromatic N) is 2. The van der Waals surface area contributed by atoms with E-state index in [-0.39, 0.29) is 6.10 Å². The maximum atomic E-state index is 6.10. The molecule has 2 heterocycles. The monoisotopic (exact) mass is 324 g/mol. The number of rotatable bonds is 4. The first kappa shape index (κ1) is 15.9. The third-order valence-electron chi connectivity index (χ3n) is 5.91. The molecule has 3 heteroatoms. The third kappa shape index (κ3) is 2.90. The fourth-order valence-electron chi connectivity index (χ4n) is 4.44. The molecule has 0 N–H and O–H groups in total. The molecular formula is C21H28N2O. The maximum Gasteiger partial charge on any atom is 0.124 e.